The summed E-state index contributed by atoms with van der Waals surface area (Å²) in [5.74, 6) is 0.145. The molecule has 3 atom stereocenters. The molecule has 1 fully saturated rings. The summed E-state index contributed by atoms with van der Waals surface area (Å²) >= 11 is 0. The molecule has 0 aliphatic carbocycles. The van der Waals surface area contributed by atoms with Gasteiger partial charge in [0.15, 0.2) is 0 Å². The van der Waals surface area contributed by atoms with E-state index < -0.39 is 12.2 Å². The third-order valence-electron chi connectivity index (χ3n) is 2.43. The van der Waals surface area contributed by atoms with Crippen molar-refractivity contribution in [2.75, 3.05) is 13.2 Å². The van der Waals surface area contributed by atoms with Crippen LogP contribution in [0.25, 0.3) is 0 Å². The topological polar surface area (TPSA) is 49.7 Å². The second-order valence-corrected chi connectivity index (χ2v) is 3.47. The predicted molar refractivity (Wildman–Crippen MR) is 45.8 cm³/mol. The summed E-state index contributed by atoms with van der Waals surface area (Å²) in [6.45, 7) is 3.32. The highest BCUT2D eigenvalue weighted by atomic mass is 16.5. The summed E-state index contributed by atoms with van der Waals surface area (Å²) in [4.78, 5) is 0. The van der Waals surface area contributed by atoms with Crippen molar-refractivity contribution < 1.29 is 14.9 Å². The van der Waals surface area contributed by atoms with Crippen LogP contribution < -0.4 is 0 Å². The molecule has 0 bridgehead atoms. The maximum atomic E-state index is 9.62. The van der Waals surface area contributed by atoms with Crippen molar-refractivity contribution in [3.63, 3.8) is 0 Å². The molecule has 1 aliphatic rings. The van der Waals surface area contributed by atoms with Crippen molar-refractivity contribution in [2.24, 2.45) is 5.92 Å². The zero-order valence-corrected chi connectivity index (χ0v) is 7.57. The summed E-state index contributed by atoms with van der Waals surface area (Å²) in [5, 5.41) is 19.1. The molecule has 0 aromatic heterocycles. The van der Waals surface area contributed by atoms with Crippen LogP contribution in [0.4, 0.5) is 0 Å². The molecule has 12 heavy (non-hydrogen) atoms. The minimum absolute atomic E-state index is 0.145. The Morgan fingerprint density at radius 3 is 2.75 bits per heavy atom. The zero-order valence-electron chi connectivity index (χ0n) is 7.57. The molecule has 2 N–H and O–H groups in total. The number of aliphatic hydroxyl groups excluding tert-OH is 2. The maximum Gasteiger partial charge on any atom is 0.0849 e. The average Bonchev–Trinajstić information content (AvgIpc) is 2.55. The first kappa shape index (κ1) is 9.96. The molecule has 1 rings (SSSR count). The van der Waals surface area contributed by atoms with Crippen LogP contribution in [0.5, 0.6) is 0 Å². The molecule has 3 heteroatoms. The maximum absolute atomic E-state index is 9.62. The lowest BCUT2D eigenvalue weighted by Crippen LogP contribution is -2.33. The van der Waals surface area contributed by atoms with Crippen molar-refractivity contribution in [1.82, 2.24) is 0 Å². The number of hydrogen-bond donors (Lipinski definition) is 2. The predicted octanol–water partition coefficient (Wildman–Crippen LogP) is 0.545. The average molecular weight is 174 g/mol. The molecular weight excluding hydrogens is 156 g/mol. The Kier molecular flexibility index (Phi) is 3.98. The van der Waals surface area contributed by atoms with E-state index in [1.807, 2.05) is 6.92 Å². The van der Waals surface area contributed by atoms with E-state index in [1.54, 1.807) is 0 Å². The number of aliphatic hydroxyl groups is 2. The quantitative estimate of drug-likeness (QED) is 0.654. The summed E-state index contributed by atoms with van der Waals surface area (Å²) in [6, 6.07) is 0. The van der Waals surface area contributed by atoms with Gasteiger partial charge in [0.05, 0.1) is 18.8 Å². The highest BCUT2D eigenvalue weighted by Crippen LogP contribution is 2.20. The Balaban J connectivity index is 2.29. The lowest BCUT2D eigenvalue weighted by Gasteiger charge is -2.21. The molecule has 0 amide bonds. The van der Waals surface area contributed by atoms with E-state index in [0.717, 1.165) is 19.4 Å². The monoisotopic (exact) mass is 174 g/mol. The van der Waals surface area contributed by atoms with Gasteiger partial charge in [0.25, 0.3) is 0 Å². The van der Waals surface area contributed by atoms with E-state index in [9.17, 15) is 10.2 Å². The molecule has 0 aromatic carbocycles. The van der Waals surface area contributed by atoms with Crippen molar-refractivity contribution in [2.45, 2.75) is 38.4 Å². The molecular formula is C9H18O3. The van der Waals surface area contributed by atoms with Crippen LogP contribution in [0.2, 0.25) is 0 Å². The molecule has 1 saturated heterocycles. The molecule has 3 unspecified atom stereocenters. The highest BCUT2D eigenvalue weighted by molar-refractivity contribution is 4.78. The molecule has 0 radical (unpaired) electrons. The second kappa shape index (κ2) is 4.80. The first-order valence-corrected chi connectivity index (χ1v) is 4.69. The number of rotatable bonds is 4. The molecule has 72 valence electrons. The third-order valence-corrected chi connectivity index (χ3v) is 2.43. The van der Waals surface area contributed by atoms with Gasteiger partial charge in [-0.25, -0.2) is 0 Å². The summed E-state index contributed by atoms with van der Waals surface area (Å²) in [6.07, 6.45) is 1.31. The number of ether oxygens (including phenoxy) is 1. The first-order valence-electron chi connectivity index (χ1n) is 4.69. The molecule has 1 heterocycles. The zero-order chi connectivity index (χ0) is 8.97. The van der Waals surface area contributed by atoms with Gasteiger partial charge < -0.3 is 14.9 Å². The van der Waals surface area contributed by atoms with Gasteiger partial charge in [0, 0.05) is 12.5 Å². The van der Waals surface area contributed by atoms with E-state index in [1.165, 1.54) is 0 Å². The highest BCUT2D eigenvalue weighted by Gasteiger charge is 2.28. The Labute approximate surface area is 73.4 Å². The van der Waals surface area contributed by atoms with Gasteiger partial charge in [-0.3, -0.25) is 0 Å². The summed E-state index contributed by atoms with van der Waals surface area (Å²) < 4.78 is 5.14. The Morgan fingerprint density at radius 1 is 1.50 bits per heavy atom. The van der Waals surface area contributed by atoms with E-state index in [0.29, 0.717) is 13.0 Å². The fourth-order valence-corrected chi connectivity index (χ4v) is 1.60. The second-order valence-electron chi connectivity index (χ2n) is 3.47. The molecule has 1 aliphatic heterocycles. The molecule has 0 saturated carbocycles. The molecule has 0 aromatic rings. The Morgan fingerprint density at radius 2 is 2.25 bits per heavy atom. The van der Waals surface area contributed by atoms with Crippen LogP contribution in [-0.4, -0.2) is 35.6 Å². The largest absolute Gasteiger partial charge is 0.390 e. The van der Waals surface area contributed by atoms with Gasteiger partial charge in [0.1, 0.15) is 0 Å². The van der Waals surface area contributed by atoms with E-state index in [4.69, 9.17) is 4.74 Å². The standard InChI is InChI=1S/C9H18O3/c1-2-3-8(10)9(11)7-4-5-12-6-7/h7-11H,2-6H2,1H3. The summed E-state index contributed by atoms with van der Waals surface area (Å²) in [5.41, 5.74) is 0. The van der Waals surface area contributed by atoms with Gasteiger partial charge in [-0.05, 0) is 12.8 Å². The van der Waals surface area contributed by atoms with Crippen LogP contribution in [0.1, 0.15) is 26.2 Å². The van der Waals surface area contributed by atoms with E-state index in [2.05, 4.69) is 0 Å². The van der Waals surface area contributed by atoms with Crippen molar-refractivity contribution in [3.8, 4) is 0 Å². The SMILES string of the molecule is CCCC(O)C(O)C1CCOC1. The summed E-state index contributed by atoms with van der Waals surface area (Å²) in [7, 11) is 0. The Hall–Kier alpha value is -0.120. The fourth-order valence-electron chi connectivity index (χ4n) is 1.60. The van der Waals surface area contributed by atoms with E-state index in [-0.39, 0.29) is 5.92 Å². The van der Waals surface area contributed by atoms with Crippen LogP contribution in [-0.2, 0) is 4.74 Å². The van der Waals surface area contributed by atoms with Crippen molar-refractivity contribution in [3.05, 3.63) is 0 Å². The minimum atomic E-state index is -0.590. The van der Waals surface area contributed by atoms with Gasteiger partial charge in [-0.1, -0.05) is 13.3 Å². The van der Waals surface area contributed by atoms with Crippen LogP contribution in [0.15, 0.2) is 0 Å². The Bertz CT molecular complexity index is 121. The van der Waals surface area contributed by atoms with Gasteiger partial charge in [-0.15, -0.1) is 0 Å². The minimum Gasteiger partial charge on any atom is -0.390 e. The lowest BCUT2D eigenvalue weighted by atomic mass is 9.95. The van der Waals surface area contributed by atoms with Crippen LogP contribution >= 0.6 is 0 Å². The van der Waals surface area contributed by atoms with Crippen molar-refractivity contribution >= 4 is 0 Å². The fraction of sp³-hybridized carbons (Fsp3) is 1.00. The van der Waals surface area contributed by atoms with Gasteiger partial charge in [-0.2, -0.15) is 0 Å². The van der Waals surface area contributed by atoms with Gasteiger partial charge >= 0.3 is 0 Å². The van der Waals surface area contributed by atoms with Crippen LogP contribution in [0, 0.1) is 5.92 Å². The van der Waals surface area contributed by atoms with Crippen LogP contribution in [0.3, 0.4) is 0 Å². The van der Waals surface area contributed by atoms with Crippen molar-refractivity contribution in [1.29, 1.82) is 0 Å². The third kappa shape index (κ3) is 2.44. The normalized spacial score (nSPS) is 28.8. The number of hydrogen-bond acceptors (Lipinski definition) is 3. The molecule has 0 spiro atoms. The smallest absolute Gasteiger partial charge is 0.0849 e. The van der Waals surface area contributed by atoms with E-state index >= 15 is 0 Å². The molecule has 3 nitrogen and oxygen atoms in total. The lowest BCUT2D eigenvalue weighted by molar-refractivity contribution is -0.0232. The first-order chi connectivity index (χ1) is 5.75. The van der Waals surface area contributed by atoms with Gasteiger partial charge in [0.2, 0.25) is 0 Å².